The van der Waals surface area contributed by atoms with Gasteiger partial charge in [-0.3, -0.25) is 0 Å². The second kappa shape index (κ2) is 4.91. The number of nitrogens with zero attached hydrogens (tertiary/aromatic N) is 1. The van der Waals surface area contributed by atoms with Gasteiger partial charge in [0.25, 0.3) is 0 Å². The lowest BCUT2D eigenvalue weighted by atomic mass is 10.3. The maximum absolute atomic E-state index is 5.97. The topological polar surface area (TPSA) is 48.1 Å². The summed E-state index contributed by atoms with van der Waals surface area (Å²) < 4.78 is 5.52. The number of benzene rings is 1. The fraction of sp³-hybridized carbons (Fsp3) is 0.100. The van der Waals surface area contributed by atoms with Crippen LogP contribution in [0, 0.1) is 0 Å². The Morgan fingerprint density at radius 3 is 2.88 bits per heavy atom. The number of nitrogen functional groups attached to an aromatic ring is 1. The van der Waals surface area contributed by atoms with Crippen molar-refractivity contribution in [2.75, 3.05) is 5.73 Å². The van der Waals surface area contributed by atoms with Crippen molar-refractivity contribution in [1.82, 2.24) is 4.98 Å². The maximum Gasteiger partial charge on any atom is 0.180 e. The Hall–Kier alpha value is -0.970. The number of hydrogen-bond donors (Lipinski definition) is 1. The van der Waals surface area contributed by atoms with Gasteiger partial charge in [-0.15, -0.1) is 0 Å². The zero-order valence-corrected chi connectivity index (χ0v) is 10.4. The van der Waals surface area contributed by atoms with E-state index in [9.17, 15) is 0 Å². The van der Waals surface area contributed by atoms with Gasteiger partial charge >= 0.3 is 0 Å². The summed E-state index contributed by atoms with van der Waals surface area (Å²) in [7, 11) is 0. The molecule has 1 aromatic carbocycles. The fourth-order valence-corrected chi connectivity index (χ4v) is 2.08. The molecule has 6 heteroatoms. The highest BCUT2D eigenvalue weighted by atomic mass is 35.5. The van der Waals surface area contributed by atoms with Crippen molar-refractivity contribution in [2.45, 2.75) is 6.61 Å². The highest BCUT2D eigenvalue weighted by Gasteiger charge is 2.06. The highest BCUT2D eigenvalue weighted by molar-refractivity contribution is 7.15. The van der Waals surface area contributed by atoms with Crippen molar-refractivity contribution in [2.24, 2.45) is 0 Å². The van der Waals surface area contributed by atoms with Gasteiger partial charge in [0.15, 0.2) is 5.13 Å². The molecule has 0 saturated carbocycles. The van der Waals surface area contributed by atoms with Gasteiger partial charge in [-0.05, 0) is 12.1 Å². The van der Waals surface area contributed by atoms with Gasteiger partial charge in [0.05, 0.1) is 9.90 Å². The lowest BCUT2D eigenvalue weighted by Gasteiger charge is -2.06. The van der Waals surface area contributed by atoms with Crippen LogP contribution in [0.15, 0.2) is 24.4 Å². The highest BCUT2D eigenvalue weighted by Crippen LogP contribution is 2.32. The SMILES string of the molecule is Nc1ncc(COc2cccc(Cl)c2Cl)s1. The minimum atomic E-state index is 0.384. The Balaban J connectivity index is 2.07. The van der Waals surface area contributed by atoms with E-state index in [2.05, 4.69) is 4.98 Å². The molecule has 2 aromatic rings. The molecule has 2 rings (SSSR count). The largest absolute Gasteiger partial charge is 0.486 e. The van der Waals surface area contributed by atoms with Gasteiger partial charge in [-0.2, -0.15) is 0 Å². The molecule has 1 aromatic heterocycles. The number of ether oxygens (including phenoxy) is 1. The molecule has 0 aliphatic heterocycles. The number of anilines is 1. The first-order valence-electron chi connectivity index (χ1n) is 4.44. The summed E-state index contributed by atoms with van der Waals surface area (Å²) in [6.07, 6.45) is 1.68. The molecule has 0 atom stereocenters. The van der Waals surface area contributed by atoms with E-state index in [4.69, 9.17) is 33.7 Å². The zero-order chi connectivity index (χ0) is 11.5. The van der Waals surface area contributed by atoms with E-state index in [1.165, 1.54) is 11.3 Å². The van der Waals surface area contributed by atoms with Gasteiger partial charge < -0.3 is 10.5 Å². The first-order valence-corrected chi connectivity index (χ1v) is 6.01. The summed E-state index contributed by atoms with van der Waals surface area (Å²) in [4.78, 5) is 4.86. The van der Waals surface area contributed by atoms with E-state index >= 15 is 0 Å². The molecule has 84 valence electrons. The normalized spacial score (nSPS) is 10.4. The van der Waals surface area contributed by atoms with Crippen LogP contribution in [0.3, 0.4) is 0 Å². The minimum absolute atomic E-state index is 0.384. The van der Waals surface area contributed by atoms with Crippen LogP contribution >= 0.6 is 34.5 Å². The van der Waals surface area contributed by atoms with Gasteiger partial charge in [-0.25, -0.2) is 4.98 Å². The molecule has 0 fully saturated rings. The molecule has 0 radical (unpaired) electrons. The number of thiazole rings is 1. The predicted molar refractivity (Wildman–Crippen MR) is 67.3 cm³/mol. The number of halogens is 2. The number of aromatic nitrogens is 1. The molecule has 0 unspecified atom stereocenters. The van der Waals surface area contributed by atoms with Gasteiger partial charge in [0, 0.05) is 6.20 Å². The van der Waals surface area contributed by atoms with Crippen LogP contribution in [-0.2, 0) is 6.61 Å². The molecule has 1 heterocycles. The van der Waals surface area contributed by atoms with E-state index in [0.29, 0.717) is 27.5 Å². The molecule has 0 aliphatic carbocycles. The third kappa shape index (κ3) is 2.58. The lowest BCUT2D eigenvalue weighted by molar-refractivity contribution is 0.310. The summed E-state index contributed by atoms with van der Waals surface area (Å²) >= 11 is 13.2. The van der Waals surface area contributed by atoms with Gasteiger partial charge in [0.2, 0.25) is 0 Å². The third-order valence-corrected chi connectivity index (χ3v) is 3.46. The first kappa shape index (κ1) is 11.5. The van der Waals surface area contributed by atoms with Crippen LogP contribution < -0.4 is 10.5 Å². The van der Waals surface area contributed by atoms with E-state index in [1.54, 1.807) is 24.4 Å². The second-order valence-corrected chi connectivity index (χ2v) is 4.94. The molecule has 0 aliphatic rings. The molecule has 0 spiro atoms. The lowest BCUT2D eigenvalue weighted by Crippen LogP contribution is -1.93. The molecule has 0 saturated heterocycles. The number of nitrogens with two attached hydrogens (primary N) is 1. The van der Waals surface area contributed by atoms with Crippen LogP contribution in [0.25, 0.3) is 0 Å². The van der Waals surface area contributed by atoms with E-state index in [0.717, 1.165) is 4.88 Å². The van der Waals surface area contributed by atoms with Crippen LogP contribution in [-0.4, -0.2) is 4.98 Å². The van der Waals surface area contributed by atoms with Crippen LogP contribution in [0.1, 0.15) is 4.88 Å². The Labute approximate surface area is 107 Å². The summed E-state index contributed by atoms with van der Waals surface area (Å²) in [6.45, 7) is 0.384. The van der Waals surface area contributed by atoms with E-state index < -0.39 is 0 Å². The maximum atomic E-state index is 5.97. The molecular formula is C10H8Cl2N2OS. The smallest absolute Gasteiger partial charge is 0.180 e. The van der Waals surface area contributed by atoms with Crippen molar-refractivity contribution < 1.29 is 4.74 Å². The van der Waals surface area contributed by atoms with E-state index in [-0.39, 0.29) is 0 Å². The average molecular weight is 275 g/mol. The van der Waals surface area contributed by atoms with Crippen molar-refractivity contribution in [3.8, 4) is 5.75 Å². The fourth-order valence-electron chi connectivity index (χ4n) is 1.13. The Bertz CT molecular complexity index is 501. The molecule has 3 nitrogen and oxygen atoms in total. The monoisotopic (exact) mass is 274 g/mol. The summed E-state index contributed by atoms with van der Waals surface area (Å²) in [6, 6.07) is 5.25. The molecular weight excluding hydrogens is 267 g/mol. The third-order valence-electron chi connectivity index (χ3n) is 1.86. The standard InChI is InChI=1S/C10H8Cl2N2OS/c11-7-2-1-3-8(9(7)12)15-5-6-4-14-10(13)16-6/h1-4H,5H2,(H2,13,14). The van der Waals surface area contributed by atoms with Gasteiger partial charge in [-0.1, -0.05) is 40.6 Å². The van der Waals surface area contributed by atoms with Crippen LogP contribution in [0.5, 0.6) is 5.75 Å². The van der Waals surface area contributed by atoms with Crippen molar-refractivity contribution in [3.05, 3.63) is 39.3 Å². The number of rotatable bonds is 3. The molecule has 0 amide bonds. The number of hydrogen-bond acceptors (Lipinski definition) is 4. The minimum Gasteiger partial charge on any atom is -0.486 e. The van der Waals surface area contributed by atoms with Crippen molar-refractivity contribution in [3.63, 3.8) is 0 Å². The van der Waals surface area contributed by atoms with Crippen molar-refractivity contribution >= 4 is 39.7 Å². The summed E-state index contributed by atoms with van der Waals surface area (Å²) in [5, 5.41) is 1.42. The Kier molecular flexibility index (Phi) is 3.53. The Morgan fingerprint density at radius 1 is 1.38 bits per heavy atom. The Morgan fingerprint density at radius 2 is 2.19 bits per heavy atom. The zero-order valence-electron chi connectivity index (χ0n) is 8.11. The van der Waals surface area contributed by atoms with Crippen LogP contribution in [0.4, 0.5) is 5.13 Å². The van der Waals surface area contributed by atoms with Gasteiger partial charge in [0.1, 0.15) is 17.4 Å². The summed E-state index contributed by atoms with van der Waals surface area (Å²) in [5.41, 5.74) is 5.51. The predicted octanol–water partition coefficient (Wildman–Crippen LogP) is 3.61. The van der Waals surface area contributed by atoms with Crippen molar-refractivity contribution in [1.29, 1.82) is 0 Å². The molecule has 16 heavy (non-hydrogen) atoms. The van der Waals surface area contributed by atoms with E-state index in [1.807, 2.05) is 0 Å². The second-order valence-electron chi connectivity index (χ2n) is 3.01. The first-order chi connectivity index (χ1) is 7.66. The van der Waals surface area contributed by atoms with Crippen LogP contribution in [0.2, 0.25) is 10.0 Å². The summed E-state index contributed by atoms with van der Waals surface area (Å²) in [5.74, 6) is 0.557. The average Bonchev–Trinajstić information content (AvgIpc) is 2.67. The quantitative estimate of drug-likeness (QED) is 0.930. The molecule has 0 bridgehead atoms. The molecule has 2 N–H and O–H groups in total.